The largest absolute Gasteiger partial charge is 0.224 e. The van der Waals surface area contributed by atoms with Crippen LogP contribution in [-0.2, 0) is 9.84 Å². The van der Waals surface area contributed by atoms with Crippen LogP contribution in [0, 0.1) is 11.3 Å². The van der Waals surface area contributed by atoms with E-state index in [9.17, 15) is 8.42 Å². The van der Waals surface area contributed by atoms with Crippen molar-refractivity contribution in [3.05, 3.63) is 35.9 Å². The molecule has 0 unspecified atom stereocenters. The molecule has 0 aliphatic carbocycles. The maximum Gasteiger partial charge on any atom is 0.175 e. The number of hydrogen-bond donors (Lipinski definition) is 0. The predicted octanol–water partition coefficient (Wildman–Crippen LogP) is 2.19. The Labute approximate surface area is 93.5 Å². The number of benzene rings is 1. The van der Waals surface area contributed by atoms with Crippen molar-refractivity contribution in [2.45, 2.75) is 4.90 Å². The van der Waals surface area contributed by atoms with Crippen molar-refractivity contribution in [2.75, 3.05) is 6.26 Å². The molecule has 15 heavy (non-hydrogen) atoms. The van der Waals surface area contributed by atoms with Crippen molar-refractivity contribution in [1.82, 2.24) is 0 Å². The van der Waals surface area contributed by atoms with E-state index in [4.69, 9.17) is 16.9 Å². The van der Waals surface area contributed by atoms with Gasteiger partial charge in [0.2, 0.25) is 0 Å². The highest BCUT2D eigenvalue weighted by Gasteiger charge is 2.06. The smallest absolute Gasteiger partial charge is 0.175 e. The van der Waals surface area contributed by atoms with E-state index in [2.05, 4.69) is 0 Å². The monoisotopic (exact) mass is 241 g/mol. The number of rotatable bonds is 2. The Balaban J connectivity index is 3.13. The maximum absolute atomic E-state index is 11.1. The Bertz CT molecular complexity index is 524. The minimum absolute atomic E-state index is 0.229. The van der Waals surface area contributed by atoms with E-state index in [0.29, 0.717) is 5.56 Å². The fraction of sp³-hybridized carbons (Fsp3) is 0.100. The Hall–Kier alpha value is -1.31. The number of sulfone groups is 1. The highest BCUT2D eigenvalue weighted by molar-refractivity contribution is 7.90. The van der Waals surface area contributed by atoms with Gasteiger partial charge in [0.1, 0.15) is 0 Å². The number of allylic oxidation sites excluding steroid dienone is 1. The van der Waals surface area contributed by atoms with Gasteiger partial charge in [-0.25, -0.2) is 8.42 Å². The fourth-order valence-corrected chi connectivity index (χ4v) is 1.81. The summed E-state index contributed by atoms with van der Waals surface area (Å²) in [6, 6.07) is 7.84. The van der Waals surface area contributed by atoms with E-state index < -0.39 is 9.84 Å². The number of nitriles is 1. The Kier molecular flexibility index (Phi) is 3.51. The van der Waals surface area contributed by atoms with Crippen molar-refractivity contribution in [3.8, 4) is 6.07 Å². The van der Waals surface area contributed by atoms with Crippen LogP contribution in [0.3, 0.4) is 0 Å². The Morgan fingerprint density at radius 1 is 1.40 bits per heavy atom. The lowest BCUT2D eigenvalue weighted by atomic mass is 10.2. The van der Waals surface area contributed by atoms with E-state index in [1.54, 1.807) is 18.2 Å². The van der Waals surface area contributed by atoms with Gasteiger partial charge < -0.3 is 0 Å². The first-order valence-electron chi connectivity index (χ1n) is 4.01. The highest BCUT2D eigenvalue weighted by Crippen LogP contribution is 2.20. The topological polar surface area (TPSA) is 57.9 Å². The lowest BCUT2D eigenvalue weighted by Gasteiger charge is -2.00. The first kappa shape index (κ1) is 11.8. The molecular weight excluding hydrogens is 234 g/mol. The molecule has 0 heterocycles. The molecule has 0 atom stereocenters. The van der Waals surface area contributed by atoms with Gasteiger partial charge in [0.05, 0.1) is 16.0 Å². The number of hydrogen-bond acceptors (Lipinski definition) is 3. The van der Waals surface area contributed by atoms with Gasteiger partial charge in [0, 0.05) is 12.3 Å². The van der Waals surface area contributed by atoms with Crippen molar-refractivity contribution in [1.29, 1.82) is 5.26 Å². The normalized spacial score (nSPS) is 12.2. The highest BCUT2D eigenvalue weighted by atomic mass is 35.5. The lowest BCUT2D eigenvalue weighted by molar-refractivity contribution is 0.602. The zero-order valence-electron chi connectivity index (χ0n) is 7.94. The van der Waals surface area contributed by atoms with E-state index in [-0.39, 0.29) is 9.93 Å². The summed E-state index contributed by atoms with van der Waals surface area (Å²) in [7, 11) is -3.19. The molecule has 0 N–H and O–H groups in total. The van der Waals surface area contributed by atoms with Crippen molar-refractivity contribution in [3.63, 3.8) is 0 Å². The van der Waals surface area contributed by atoms with Crippen molar-refractivity contribution >= 4 is 26.5 Å². The molecule has 0 aliphatic heterocycles. The number of nitrogens with zero attached hydrogens (tertiary/aromatic N) is 1. The molecule has 0 saturated heterocycles. The Morgan fingerprint density at radius 3 is 2.33 bits per heavy atom. The molecular formula is C10H8ClNO2S. The van der Waals surface area contributed by atoms with Crippen LogP contribution >= 0.6 is 11.6 Å². The van der Waals surface area contributed by atoms with Crippen LogP contribution in [0.5, 0.6) is 0 Å². The molecule has 0 bridgehead atoms. The van der Waals surface area contributed by atoms with Crippen molar-refractivity contribution in [2.24, 2.45) is 0 Å². The van der Waals surface area contributed by atoms with E-state index in [1.165, 1.54) is 18.2 Å². The summed E-state index contributed by atoms with van der Waals surface area (Å²) < 4.78 is 22.3. The minimum atomic E-state index is -3.19. The van der Waals surface area contributed by atoms with Crippen LogP contribution in [0.25, 0.3) is 5.03 Å². The van der Waals surface area contributed by atoms with Gasteiger partial charge in [-0.3, -0.25) is 0 Å². The maximum atomic E-state index is 11.1. The molecule has 1 aromatic carbocycles. The molecule has 0 fully saturated rings. The van der Waals surface area contributed by atoms with E-state index in [0.717, 1.165) is 6.26 Å². The van der Waals surface area contributed by atoms with E-state index >= 15 is 0 Å². The molecule has 0 aliphatic rings. The molecule has 1 aromatic rings. The predicted molar refractivity (Wildman–Crippen MR) is 59.0 cm³/mol. The van der Waals surface area contributed by atoms with Crippen LogP contribution in [0.4, 0.5) is 0 Å². The zero-order valence-corrected chi connectivity index (χ0v) is 9.51. The molecule has 5 heteroatoms. The van der Waals surface area contributed by atoms with Gasteiger partial charge in [-0.05, 0) is 17.7 Å². The van der Waals surface area contributed by atoms with Gasteiger partial charge in [-0.15, -0.1) is 0 Å². The second kappa shape index (κ2) is 4.47. The first-order chi connectivity index (χ1) is 6.95. The average molecular weight is 242 g/mol. The Morgan fingerprint density at radius 2 is 1.93 bits per heavy atom. The van der Waals surface area contributed by atoms with Gasteiger partial charge in [0.15, 0.2) is 9.84 Å². The standard InChI is InChI=1S/C10H8ClNO2S/c1-15(13,14)9-4-2-8(3-5-9)10(11)6-7-12/h2-6H,1H3. The van der Waals surface area contributed by atoms with Crippen molar-refractivity contribution < 1.29 is 8.42 Å². The fourth-order valence-electron chi connectivity index (χ4n) is 1.00. The quantitative estimate of drug-likeness (QED) is 0.746. The molecule has 0 saturated carbocycles. The summed E-state index contributed by atoms with van der Waals surface area (Å²) >= 11 is 5.76. The van der Waals surface area contributed by atoms with Gasteiger partial charge in [0.25, 0.3) is 0 Å². The average Bonchev–Trinajstić information content (AvgIpc) is 2.17. The van der Waals surface area contributed by atoms with Gasteiger partial charge in [-0.1, -0.05) is 23.7 Å². The molecule has 0 amide bonds. The molecule has 3 nitrogen and oxygen atoms in total. The first-order valence-corrected chi connectivity index (χ1v) is 6.28. The minimum Gasteiger partial charge on any atom is -0.224 e. The van der Waals surface area contributed by atoms with Crippen LogP contribution in [0.2, 0.25) is 0 Å². The molecule has 0 aromatic heterocycles. The van der Waals surface area contributed by atoms with Gasteiger partial charge >= 0.3 is 0 Å². The molecule has 78 valence electrons. The second-order valence-electron chi connectivity index (χ2n) is 2.92. The third-order valence-electron chi connectivity index (χ3n) is 1.75. The summed E-state index contributed by atoms with van der Waals surface area (Å²) in [6.07, 6.45) is 2.33. The van der Waals surface area contributed by atoms with Gasteiger partial charge in [-0.2, -0.15) is 5.26 Å². The lowest BCUT2D eigenvalue weighted by Crippen LogP contribution is -1.96. The summed E-state index contributed by atoms with van der Waals surface area (Å²) in [5.41, 5.74) is 0.616. The zero-order chi connectivity index (χ0) is 11.5. The summed E-state index contributed by atoms with van der Waals surface area (Å²) in [6.45, 7) is 0. The molecule has 1 rings (SSSR count). The van der Waals surface area contributed by atoms with Crippen LogP contribution in [-0.4, -0.2) is 14.7 Å². The summed E-state index contributed by atoms with van der Waals surface area (Å²) in [4.78, 5) is 0.229. The van der Waals surface area contributed by atoms with Crippen LogP contribution in [0.15, 0.2) is 35.2 Å². The SMILES string of the molecule is CS(=O)(=O)c1ccc(C(Cl)=CC#N)cc1. The van der Waals surface area contributed by atoms with Crippen LogP contribution in [0.1, 0.15) is 5.56 Å². The summed E-state index contributed by atoms with van der Waals surface area (Å²) in [5, 5.41) is 8.66. The van der Waals surface area contributed by atoms with Crippen LogP contribution < -0.4 is 0 Å². The third kappa shape index (κ3) is 3.08. The third-order valence-corrected chi connectivity index (χ3v) is 3.21. The number of halogens is 1. The summed E-state index contributed by atoms with van der Waals surface area (Å²) in [5.74, 6) is 0. The molecule has 0 spiro atoms. The molecule has 0 radical (unpaired) electrons. The second-order valence-corrected chi connectivity index (χ2v) is 5.34. The van der Waals surface area contributed by atoms with E-state index in [1.807, 2.05) is 0 Å².